The summed E-state index contributed by atoms with van der Waals surface area (Å²) in [4.78, 5) is 0. The van der Waals surface area contributed by atoms with Crippen LogP contribution in [0.4, 0.5) is 0 Å². The van der Waals surface area contributed by atoms with Crippen LogP contribution in [-0.4, -0.2) is 11.7 Å². The Morgan fingerprint density at radius 2 is 1.92 bits per heavy atom. The Labute approximate surface area is 78.0 Å². The molecule has 66 valence electrons. The zero-order chi connectivity index (χ0) is 8.97. The predicted octanol–water partition coefficient (Wildman–Crippen LogP) is 2.83. The molecule has 0 amide bonds. The molecule has 0 aliphatic heterocycles. The first-order valence-corrected chi connectivity index (χ1v) is 4.48. The van der Waals surface area contributed by atoms with E-state index in [0.717, 1.165) is 11.4 Å². The van der Waals surface area contributed by atoms with E-state index in [9.17, 15) is 0 Å². The van der Waals surface area contributed by atoms with Gasteiger partial charge in [0.1, 0.15) is 0 Å². The van der Waals surface area contributed by atoms with Crippen LogP contribution in [-0.2, 0) is 0 Å². The molecule has 1 nitrogen and oxygen atoms in total. The molecule has 0 aliphatic rings. The molecule has 0 heterocycles. The smallest absolute Gasteiger partial charge is 0.0436 e. The van der Waals surface area contributed by atoms with Gasteiger partial charge in [0.05, 0.1) is 0 Å². The highest BCUT2D eigenvalue weighted by Crippen LogP contribution is 2.20. The van der Waals surface area contributed by atoms with Gasteiger partial charge in [0.25, 0.3) is 0 Å². The van der Waals surface area contributed by atoms with Crippen LogP contribution in [0.5, 0.6) is 0 Å². The Balaban J connectivity index is 2.68. The van der Waals surface area contributed by atoms with E-state index in [1.54, 1.807) is 0 Å². The monoisotopic (exact) mass is 184 g/mol. The minimum atomic E-state index is 0.240. The van der Waals surface area contributed by atoms with E-state index in [0.29, 0.717) is 5.92 Å². The zero-order valence-electron chi connectivity index (χ0n) is 7.13. The van der Waals surface area contributed by atoms with Crippen LogP contribution in [0.3, 0.4) is 0 Å². The first kappa shape index (κ1) is 9.56. The third-order valence-corrected chi connectivity index (χ3v) is 2.25. The summed E-state index contributed by atoms with van der Waals surface area (Å²) in [6, 6.07) is 7.76. The lowest BCUT2D eigenvalue weighted by atomic mass is 9.98. The van der Waals surface area contributed by atoms with Crippen molar-refractivity contribution in [3.05, 3.63) is 34.9 Å². The Bertz CT molecular complexity index is 230. The SMILES string of the molecule is CC(CCO)c1ccc(Cl)cc1. The molecule has 0 bridgehead atoms. The lowest BCUT2D eigenvalue weighted by Crippen LogP contribution is -1.95. The van der Waals surface area contributed by atoms with Crippen LogP contribution in [0.25, 0.3) is 0 Å². The average Bonchev–Trinajstić information content (AvgIpc) is 2.06. The fraction of sp³-hybridized carbons (Fsp3) is 0.400. The summed E-state index contributed by atoms with van der Waals surface area (Å²) in [5.41, 5.74) is 1.23. The predicted molar refractivity (Wildman–Crippen MR) is 51.6 cm³/mol. The Kier molecular flexibility index (Phi) is 3.57. The van der Waals surface area contributed by atoms with Crippen molar-refractivity contribution in [2.45, 2.75) is 19.3 Å². The van der Waals surface area contributed by atoms with Crippen molar-refractivity contribution in [3.8, 4) is 0 Å². The van der Waals surface area contributed by atoms with E-state index in [1.165, 1.54) is 5.56 Å². The molecule has 1 aromatic rings. The van der Waals surface area contributed by atoms with Crippen LogP contribution >= 0.6 is 11.6 Å². The molecule has 2 heteroatoms. The molecular weight excluding hydrogens is 172 g/mol. The number of hydrogen-bond acceptors (Lipinski definition) is 1. The molecule has 1 N–H and O–H groups in total. The summed E-state index contributed by atoms with van der Waals surface area (Å²) in [6.07, 6.45) is 0.807. The van der Waals surface area contributed by atoms with E-state index < -0.39 is 0 Å². The molecule has 0 fully saturated rings. The lowest BCUT2D eigenvalue weighted by molar-refractivity contribution is 0.278. The molecule has 0 aliphatic carbocycles. The third kappa shape index (κ3) is 2.50. The van der Waals surface area contributed by atoms with Crippen molar-refractivity contribution in [1.82, 2.24) is 0 Å². The topological polar surface area (TPSA) is 20.2 Å². The maximum absolute atomic E-state index is 8.73. The van der Waals surface area contributed by atoms with Gasteiger partial charge in [-0.2, -0.15) is 0 Å². The molecule has 0 spiro atoms. The summed E-state index contributed by atoms with van der Waals surface area (Å²) in [5, 5.41) is 9.49. The molecule has 1 rings (SSSR count). The molecule has 0 aromatic heterocycles. The number of aliphatic hydroxyl groups excluding tert-OH is 1. The van der Waals surface area contributed by atoms with E-state index >= 15 is 0 Å². The van der Waals surface area contributed by atoms with Gasteiger partial charge in [-0.15, -0.1) is 0 Å². The van der Waals surface area contributed by atoms with Gasteiger partial charge in [0.15, 0.2) is 0 Å². The van der Waals surface area contributed by atoms with Crippen molar-refractivity contribution in [3.63, 3.8) is 0 Å². The van der Waals surface area contributed by atoms with E-state index in [-0.39, 0.29) is 6.61 Å². The van der Waals surface area contributed by atoms with Crippen LogP contribution in [0, 0.1) is 0 Å². The molecule has 0 saturated carbocycles. The lowest BCUT2D eigenvalue weighted by Gasteiger charge is -2.09. The van der Waals surface area contributed by atoms with Crippen molar-refractivity contribution in [2.75, 3.05) is 6.61 Å². The fourth-order valence-electron chi connectivity index (χ4n) is 1.15. The summed E-state index contributed by atoms with van der Waals surface area (Å²) < 4.78 is 0. The largest absolute Gasteiger partial charge is 0.396 e. The van der Waals surface area contributed by atoms with Crippen molar-refractivity contribution < 1.29 is 5.11 Å². The molecular formula is C10H13ClO. The van der Waals surface area contributed by atoms with E-state index in [2.05, 4.69) is 6.92 Å². The second kappa shape index (κ2) is 4.48. The second-order valence-electron chi connectivity index (χ2n) is 2.96. The fourth-order valence-corrected chi connectivity index (χ4v) is 1.28. The molecule has 0 saturated heterocycles. The quantitative estimate of drug-likeness (QED) is 0.766. The van der Waals surface area contributed by atoms with Crippen molar-refractivity contribution >= 4 is 11.6 Å². The Morgan fingerprint density at radius 1 is 1.33 bits per heavy atom. The first-order chi connectivity index (χ1) is 5.74. The third-order valence-electron chi connectivity index (χ3n) is 2.00. The number of benzene rings is 1. The highest BCUT2D eigenvalue weighted by Gasteiger charge is 2.03. The average molecular weight is 185 g/mol. The van der Waals surface area contributed by atoms with E-state index in [1.807, 2.05) is 24.3 Å². The number of hydrogen-bond donors (Lipinski definition) is 1. The second-order valence-corrected chi connectivity index (χ2v) is 3.40. The highest BCUT2D eigenvalue weighted by atomic mass is 35.5. The van der Waals surface area contributed by atoms with Crippen LogP contribution in [0.15, 0.2) is 24.3 Å². The number of halogens is 1. The normalized spacial score (nSPS) is 12.9. The van der Waals surface area contributed by atoms with Gasteiger partial charge in [-0.05, 0) is 30.0 Å². The Morgan fingerprint density at radius 3 is 2.42 bits per heavy atom. The van der Waals surface area contributed by atoms with Gasteiger partial charge >= 0.3 is 0 Å². The van der Waals surface area contributed by atoms with Gasteiger partial charge in [-0.1, -0.05) is 30.7 Å². The number of rotatable bonds is 3. The molecule has 1 aromatic carbocycles. The minimum absolute atomic E-state index is 0.240. The highest BCUT2D eigenvalue weighted by molar-refractivity contribution is 6.30. The first-order valence-electron chi connectivity index (χ1n) is 4.10. The number of aliphatic hydroxyl groups is 1. The maximum atomic E-state index is 8.73. The summed E-state index contributed by atoms with van der Waals surface area (Å²) >= 11 is 5.74. The zero-order valence-corrected chi connectivity index (χ0v) is 7.88. The van der Waals surface area contributed by atoms with Crippen molar-refractivity contribution in [1.29, 1.82) is 0 Å². The van der Waals surface area contributed by atoms with Crippen LogP contribution in [0.2, 0.25) is 5.02 Å². The molecule has 1 unspecified atom stereocenters. The van der Waals surface area contributed by atoms with Crippen LogP contribution in [0.1, 0.15) is 24.8 Å². The van der Waals surface area contributed by atoms with E-state index in [4.69, 9.17) is 16.7 Å². The van der Waals surface area contributed by atoms with Gasteiger partial charge < -0.3 is 5.11 Å². The molecule has 1 atom stereocenters. The van der Waals surface area contributed by atoms with Crippen LogP contribution < -0.4 is 0 Å². The minimum Gasteiger partial charge on any atom is -0.396 e. The molecule has 0 radical (unpaired) electrons. The van der Waals surface area contributed by atoms with Gasteiger partial charge in [0, 0.05) is 11.6 Å². The maximum Gasteiger partial charge on any atom is 0.0436 e. The molecule has 12 heavy (non-hydrogen) atoms. The van der Waals surface area contributed by atoms with Crippen molar-refractivity contribution in [2.24, 2.45) is 0 Å². The Hall–Kier alpha value is -0.530. The summed E-state index contributed by atoms with van der Waals surface area (Å²) in [6.45, 7) is 2.34. The standard InChI is InChI=1S/C10H13ClO/c1-8(6-7-12)9-2-4-10(11)5-3-9/h2-5,8,12H,6-7H2,1H3. The summed E-state index contributed by atoms with van der Waals surface area (Å²) in [5.74, 6) is 0.410. The van der Waals surface area contributed by atoms with Gasteiger partial charge in [0.2, 0.25) is 0 Å². The summed E-state index contributed by atoms with van der Waals surface area (Å²) in [7, 11) is 0. The van der Waals surface area contributed by atoms with Gasteiger partial charge in [-0.3, -0.25) is 0 Å². The van der Waals surface area contributed by atoms with Gasteiger partial charge in [-0.25, -0.2) is 0 Å².